The monoisotopic (exact) mass is 197 g/mol. The Labute approximate surface area is 87.1 Å². The van der Waals surface area contributed by atoms with Crippen LogP contribution in [-0.4, -0.2) is 0 Å². The third-order valence-electron chi connectivity index (χ3n) is 2.30. The molecule has 0 atom stereocenters. The highest BCUT2D eigenvalue weighted by Crippen LogP contribution is 2.22. The minimum absolute atomic E-state index is 0.299. The topological polar surface area (TPSA) is 23.8 Å². The van der Waals surface area contributed by atoms with Crippen LogP contribution in [0.25, 0.3) is 16.8 Å². The Morgan fingerprint density at radius 3 is 2.73 bits per heavy atom. The van der Waals surface area contributed by atoms with Crippen LogP contribution in [0.1, 0.15) is 11.1 Å². The Balaban J connectivity index is 2.88. The molecule has 2 heteroatoms. The first-order valence-corrected chi connectivity index (χ1v) is 4.50. The van der Waals surface area contributed by atoms with E-state index >= 15 is 0 Å². The number of rotatable bonds is 1. The highest BCUT2D eigenvalue weighted by atomic mass is 19.1. The third-order valence-corrected chi connectivity index (χ3v) is 2.30. The number of fused-ring (bicyclic) bond motifs is 1. The van der Waals surface area contributed by atoms with E-state index in [-0.39, 0.29) is 5.82 Å². The van der Waals surface area contributed by atoms with E-state index in [2.05, 4.69) is 6.58 Å². The van der Waals surface area contributed by atoms with Crippen LogP contribution in [-0.2, 0) is 0 Å². The Morgan fingerprint density at radius 1 is 1.27 bits per heavy atom. The van der Waals surface area contributed by atoms with Gasteiger partial charge in [0.15, 0.2) is 0 Å². The second-order valence-corrected chi connectivity index (χ2v) is 3.25. The molecule has 0 saturated heterocycles. The molecule has 0 aromatic heterocycles. The van der Waals surface area contributed by atoms with E-state index in [1.165, 1.54) is 12.1 Å². The normalized spacial score (nSPS) is 9.87. The van der Waals surface area contributed by atoms with Gasteiger partial charge in [0.05, 0.1) is 11.6 Å². The van der Waals surface area contributed by atoms with Crippen molar-refractivity contribution in [3.63, 3.8) is 0 Å². The van der Waals surface area contributed by atoms with Crippen LogP contribution in [0.2, 0.25) is 0 Å². The molecule has 2 rings (SSSR count). The van der Waals surface area contributed by atoms with Crippen LogP contribution in [0, 0.1) is 17.1 Å². The van der Waals surface area contributed by atoms with Gasteiger partial charge >= 0.3 is 0 Å². The van der Waals surface area contributed by atoms with Gasteiger partial charge in [0.1, 0.15) is 5.82 Å². The molecule has 0 saturated carbocycles. The van der Waals surface area contributed by atoms with Gasteiger partial charge in [0.25, 0.3) is 0 Å². The zero-order valence-corrected chi connectivity index (χ0v) is 8.00. The summed E-state index contributed by atoms with van der Waals surface area (Å²) in [5.41, 5.74) is 1.37. The first-order chi connectivity index (χ1) is 7.24. The minimum Gasteiger partial charge on any atom is -0.207 e. The smallest absolute Gasteiger partial charge is 0.123 e. The van der Waals surface area contributed by atoms with Gasteiger partial charge < -0.3 is 0 Å². The Hall–Kier alpha value is -2.14. The van der Waals surface area contributed by atoms with Crippen molar-refractivity contribution < 1.29 is 4.39 Å². The van der Waals surface area contributed by atoms with Crippen molar-refractivity contribution in [3.05, 3.63) is 53.9 Å². The van der Waals surface area contributed by atoms with E-state index in [9.17, 15) is 4.39 Å². The molecule has 2 aromatic carbocycles. The van der Waals surface area contributed by atoms with Gasteiger partial charge in [-0.1, -0.05) is 18.7 Å². The molecule has 0 aliphatic heterocycles. The van der Waals surface area contributed by atoms with E-state index in [0.717, 1.165) is 16.3 Å². The van der Waals surface area contributed by atoms with E-state index in [1.807, 2.05) is 6.07 Å². The van der Waals surface area contributed by atoms with E-state index in [1.54, 1.807) is 24.3 Å². The first kappa shape index (κ1) is 9.42. The molecule has 0 radical (unpaired) electrons. The van der Waals surface area contributed by atoms with Gasteiger partial charge in [0, 0.05) is 0 Å². The number of halogens is 1. The summed E-state index contributed by atoms with van der Waals surface area (Å²) in [7, 11) is 0. The quantitative estimate of drug-likeness (QED) is 0.686. The molecule has 0 fully saturated rings. The number of nitriles is 1. The van der Waals surface area contributed by atoms with Crippen LogP contribution in [0.3, 0.4) is 0 Å². The van der Waals surface area contributed by atoms with Gasteiger partial charge in [-0.05, 0) is 40.6 Å². The van der Waals surface area contributed by atoms with Crippen molar-refractivity contribution in [3.8, 4) is 6.07 Å². The molecule has 0 bridgehead atoms. The molecule has 1 nitrogen and oxygen atoms in total. The fraction of sp³-hybridized carbons (Fsp3) is 0. The Morgan fingerprint density at radius 2 is 2.07 bits per heavy atom. The number of benzene rings is 2. The Kier molecular flexibility index (Phi) is 2.23. The minimum atomic E-state index is -0.299. The van der Waals surface area contributed by atoms with Crippen LogP contribution in [0.4, 0.5) is 4.39 Å². The maximum atomic E-state index is 13.0. The van der Waals surface area contributed by atoms with Gasteiger partial charge in [-0.15, -0.1) is 0 Å². The predicted molar refractivity (Wildman–Crippen MR) is 58.7 cm³/mol. The van der Waals surface area contributed by atoms with Crippen molar-refractivity contribution in [1.82, 2.24) is 0 Å². The molecular formula is C13H8FN. The third kappa shape index (κ3) is 1.60. The van der Waals surface area contributed by atoms with Gasteiger partial charge in [0.2, 0.25) is 0 Å². The summed E-state index contributed by atoms with van der Waals surface area (Å²) < 4.78 is 13.0. The molecule has 0 unspecified atom stereocenters. The lowest BCUT2D eigenvalue weighted by Gasteiger charge is -2.03. The summed E-state index contributed by atoms with van der Waals surface area (Å²) in [5, 5.41) is 10.4. The number of hydrogen-bond acceptors (Lipinski definition) is 1. The van der Waals surface area contributed by atoms with Crippen molar-refractivity contribution in [2.75, 3.05) is 0 Å². The second-order valence-electron chi connectivity index (χ2n) is 3.25. The molecule has 15 heavy (non-hydrogen) atoms. The average Bonchev–Trinajstić information content (AvgIpc) is 2.26. The maximum absolute atomic E-state index is 13.0. The fourth-order valence-electron chi connectivity index (χ4n) is 1.60. The lowest BCUT2D eigenvalue weighted by atomic mass is 10.0. The number of hydrogen-bond donors (Lipinski definition) is 0. The Bertz CT molecular complexity index is 579. The van der Waals surface area contributed by atoms with Gasteiger partial charge in [-0.25, -0.2) is 4.39 Å². The van der Waals surface area contributed by atoms with Crippen molar-refractivity contribution in [1.29, 1.82) is 5.26 Å². The lowest BCUT2D eigenvalue weighted by Crippen LogP contribution is -1.83. The molecule has 0 aliphatic rings. The van der Waals surface area contributed by atoms with Crippen molar-refractivity contribution >= 4 is 16.8 Å². The highest BCUT2D eigenvalue weighted by molar-refractivity contribution is 5.91. The zero-order chi connectivity index (χ0) is 10.8. The van der Waals surface area contributed by atoms with Crippen molar-refractivity contribution in [2.24, 2.45) is 0 Å². The predicted octanol–water partition coefficient (Wildman–Crippen LogP) is 3.49. The fourth-order valence-corrected chi connectivity index (χ4v) is 1.60. The average molecular weight is 197 g/mol. The van der Waals surface area contributed by atoms with Gasteiger partial charge in [-0.2, -0.15) is 5.26 Å². The molecule has 2 aromatic rings. The summed E-state index contributed by atoms with van der Waals surface area (Å²) in [6, 6.07) is 9.98. The maximum Gasteiger partial charge on any atom is 0.123 e. The summed E-state index contributed by atoms with van der Waals surface area (Å²) in [6.45, 7) is 3.68. The van der Waals surface area contributed by atoms with Gasteiger partial charge in [-0.3, -0.25) is 0 Å². The van der Waals surface area contributed by atoms with Crippen molar-refractivity contribution in [2.45, 2.75) is 0 Å². The van der Waals surface area contributed by atoms with Crippen LogP contribution < -0.4 is 0 Å². The zero-order valence-electron chi connectivity index (χ0n) is 8.00. The molecule has 0 N–H and O–H groups in total. The molecule has 0 amide bonds. The summed E-state index contributed by atoms with van der Waals surface area (Å²) in [6.07, 6.45) is 1.67. The van der Waals surface area contributed by atoms with Crippen LogP contribution >= 0.6 is 0 Å². The molecule has 0 spiro atoms. The molecule has 72 valence electrons. The molecule has 0 aliphatic carbocycles. The number of nitrogens with zero attached hydrogens (tertiary/aromatic N) is 1. The second kappa shape index (κ2) is 3.55. The first-order valence-electron chi connectivity index (χ1n) is 4.50. The van der Waals surface area contributed by atoms with Crippen LogP contribution in [0.5, 0.6) is 0 Å². The summed E-state index contributed by atoms with van der Waals surface area (Å²) >= 11 is 0. The summed E-state index contributed by atoms with van der Waals surface area (Å²) in [5.74, 6) is -0.299. The van der Waals surface area contributed by atoms with Crippen LogP contribution in [0.15, 0.2) is 36.9 Å². The lowest BCUT2D eigenvalue weighted by molar-refractivity contribution is 0.630. The SMILES string of the molecule is C=Cc1cc(C#N)cc2cc(F)ccc12. The highest BCUT2D eigenvalue weighted by Gasteiger charge is 2.02. The molecule has 0 heterocycles. The largest absolute Gasteiger partial charge is 0.207 e. The van der Waals surface area contributed by atoms with E-state index in [0.29, 0.717) is 5.56 Å². The standard InChI is InChI=1S/C13H8FN/c1-2-10-5-9(8-15)6-11-7-12(14)3-4-13(10)11/h2-7H,1H2. The van der Waals surface area contributed by atoms with E-state index in [4.69, 9.17) is 5.26 Å². The van der Waals surface area contributed by atoms with E-state index < -0.39 is 0 Å². The summed E-state index contributed by atoms with van der Waals surface area (Å²) in [4.78, 5) is 0. The molecular weight excluding hydrogens is 189 g/mol.